The standard InChI is InChI=1S/C24BF20.C17H14NO2S/c26-5-1(6(27)14(35)21(42)13(5)34)25(2-7(28)15(36)22(43)16(37)8(2)29,3-9(30)17(38)23(44)18(39)10(3)31)4-11(32)19(40)24(45)20(41)12(4)33;19-17(20-15-9-5-2-6-10-15)16-18(11-12-21-16)13-14-7-3-1-4-8-14/h;1-12H,13H2/q-1;+1. The van der Waals surface area contributed by atoms with Crippen LogP contribution < -0.4 is 31.2 Å². The van der Waals surface area contributed by atoms with Crippen molar-refractivity contribution < 1.29 is 102 Å². The predicted octanol–water partition coefficient (Wildman–Crippen LogP) is 9.15. The van der Waals surface area contributed by atoms with E-state index in [1.165, 1.54) is 11.3 Å². The fourth-order valence-electron chi connectivity index (χ4n) is 6.89. The van der Waals surface area contributed by atoms with Crippen LogP contribution in [0.1, 0.15) is 15.4 Å². The summed E-state index contributed by atoms with van der Waals surface area (Å²) in [5, 5.41) is 2.48. The monoisotopic (exact) mass is 975 g/mol. The van der Waals surface area contributed by atoms with E-state index in [-0.39, 0.29) is 5.97 Å². The van der Waals surface area contributed by atoms with Gasteiger partial charge in [-0.15, -0.1) is 21.9 Å². The highest BCUT2D eigenvalue weighted by atomic mass is 32.1. The lowest BCUT2D eigenvalue weighted by Crippen LogP contribution is -2.81. The zero-order chi connectivity index (χ0) is 48.8. The Hall–Kier alpha value is -6.92. The maximum absolute atomic E-state index is 15.4. The smallest absolute Gasteiger partial charge is 0.418 e. The lowest BCUT2D eigenvalue weighted by atomic mass is 9.12. The van der Waals surface area contributed by atoms with Crippen LogP contribution in [0.3, 0.4) is 0 Å². The van der Waals surface area contributed by atoms with Crippen molar-refractivity contribution in [1.82, 2.24) is 0 Å². The number of nitrogens with zero attached hydrogens (tertiary/aromatic N) is 1. The van der Waals surface area contributed by atoms with Gasteiger partial charge in [-0.2, -0.15) is 4.57 Å². The van der Waals surface area contributed by atoms with E-state index in [1.54, 1.807) is 12.1 Å². The van der Waals surface area contributed by atoms with E-state index in [2.05, 4.69) is 0 Å². The molecule has 0 saturated carbocycles. The predicted molar refractivity (Wildman–Crippen MR) is 191 cm³/mol. The zero-order valence-corrected chi connectivity index (χ0v) is 32.3. The van der Waals surface area contributed by atoms with Crippen LogP contribution in [0.25, 0.3) is 0 Å². The molecule has 0 aliphatic rings. The first-order chi connectivity index (χ1) is 31.0. The van der Waals surface area contributed by atoms with E-state index in [1.807, 2.05) is 64.7 Å². The van der Waals surface area contributed by atoms with E-state index >= 15 is 35.1 Å². The quantitative estimate of drug-likeness (QED) is 0.0290. The average Bonchev–Trinajstić information content (AvgIpc) is 3.78. The summed E-state index contributed by atoms with van der Waals surface area (Å²) in [6.45, 7) is 0.656. The van der Waals surface area contributed by atoms with Gasteiger partial charge in [0, 0.05) is 5.56 Å². The molecule has 7 rings (SSSR count). The number of benzene rings is 6. The number of para-hydroxylation sites is 1. The highest BCUT2D eigenvalue weighted by molar-refractivity contribution is 7.20. The molecule has 0 aliphatic carbocycles. The molecular formula is C41H14BF20NO2S. The zero-order valence-electron chi connectivity index (χ0n) is 31.4. The molecule has 25 heteroatoms. The van der Waals surface area contributed by atoms with Crippen LogP contribution in [0.2, 0.25) is 0 Å². The summed E-state index contributed by atoms with van der Waals surface area (Å²) in [5.74, 6) is -71.2. The number of carbonyl (C=O) groups excluding carboxylic acids is 1. The van der Waals surface area contributed by atoms with Crippen molar-refractivity contribution >= 4 is 45.3 Å². The third-order valence-corrected chi connectivity index (χ3v) is 10.6. The van der Waals surface area contributed by atoms with Crippen molar-refractivity contribution in [3.8, 4) is 5.75 Å². The molecule has 7 aromatic rings. The summed E-state index contributed by atoms with van der Waals surface area (Å²) in [6.07, 6.45) is -5.32. The molecule has 0 unspecified atom stereocenters. The SMILES string of the molecule is Fc1c(F)c(F)c([B-](c2c(F)c(F)c(F)c(F)c2F)(c2c(F)c(F)c(F)c(F)c2F)c2c(F)c(F)c(F)c(F)c2F)c(F)c1F.O=C(Oc1ccccc1)c1scc[n+]1Cc1ccccc1. The summed E-state index contributed by atoms with van der Waals surface area (Å²) in [4.78, 5) is 12.3. The highest BCUT2D eigenvalue weighted by Crippen LogP contribution is 2.31. The number of ether oxygens (including phenoxy) is 1. The van der Waals surface area contributed by atoms with Gasteiger partial charge in [0.2, 0.25) is 0 Å². The molecule has 0 amide bonds. The Balaban J connectivity index is 0.000000284. The van der Waals surface area contributed by atoms with E-state index in [9.17, 15) is 57.5 Å². The normalized spacial score (nSPS) is 11.5. The van der Waals surface area contributed by atoms with Gasteiger partial charge in [0.25, 0.3) is 0 Å². The van der Waals surface area contributed by atoms with Gasteiger partial charge in [-0.25, -0.2) is 92.6 Å². The van der Waals surface area contributed by atoms with Gasteiger partial charge in [-0.3, -0.25) is 0 Å². The molecule has 0 bridgehead atoms. The minimum Gasteiger partial charge on any atom is -0.418 e. The Labute approximate surface area is 358 Å². The number of carbonyl (C=O) groups is 1. The maximum atomic E-state index is 15.4. The van der Waals surface area contributed by atoms with E-state index in [0.717, 1.165) is 5.56 Å². The first-order valence-electron chi connectivity index (χ1n) is 17.5. The fraction of sp³-hybridized carbons (Fsp3) is 0.0244. The number of thiazole rings is 1. The summed E-state index contributed by atoms with van der Waals surface area (Å²) >= 11 is 1.38. The van der Waals surface area contributed by atoms with Crippen molar-refractivity contribution in [2.45, 2.75) is 6.54 Å². The molecule has 0 saturated heterocycles. The Morgan fingerprint density at radius 1 is 0.409 bits per heavy atom. The molecular weight excluding hydrogens is 961 g/mol. The maximum Gasteiger partial charge on any atom is 0.420 e. The number of hydrogen-bond donors (Lipinski definition) is 0. The van der Waals surface area contributed by atoms with Crippen molar-refractivity contribution in [2.75, 3.05) is 0 Å². The second-order valence-electron chi connectivity index (χ2n) is 13.3. The van der Waals surface area contributed by atoms with E-state index in [0.29, 0.717) is 17.3 Å². The van der Waals surface area contributed by atoms with Crippen LogP contribution in [-0.2, 0) is 6.54 Å². The molecule has 0 N–H and O–H groups in total. The summed E-state index contributed by atoms with van der Waals surface area (Å²) in [6, 6.07) is 19.1. The number of halogens is 20. The van der Waals surface area contributed by atoms with E-state index in [4.69, 9.17) is 4.74 Å². The van der Waals surface area contributed by atoms with Crippen LogP contribution in [0.5, 0.6) is 5.75 Å². The summed E-state index contributed by atoms with van der Waals surface area (Å²) in [5.41, 5.74) is -13.2. The molecule has 344 valence electrons. The van der Waals surface area contributed by atoms with Crippen LogP contribution in [-0.4, -0.2) is 12.1 Å². The Kier molecular flexibility index (Phi) is 13.6. The minimum atomic E-state index is -7.22. The molecule has 3 nitrogen and oxygen atoms in total. The summed E-state index contributed by atoms with van der Waals surface area (Å²) < 4.78 is 301. The fourth-order valence-corrected chi connectivity index (χ4v) is 7.62. The van der Waals surface area contributed by atoms with Crippen LogP contribution >= 0.6 is 11.3 Å². The number of esters is 1. The molecule has 0 radical (unpaired) electrons. The number of rotatable bonds is 8. The lowest BCUT2D eigenvalue weighted by Gasteiger charge is -2.44. The molecule has 6 aromatic carbocycles. The molecule has 0 aliphatic heterocycles. The largest absolute Gasteiger partial charge is 0.420 e. The molecule has 0 atom stereocenters. The second kappa shape index (κ2) is 18.5. The number of hydrogen-bond acceptors (Lipinski definition) is 3. The molecule has 66 heavy (non-hydrogen) atoms. The van der Waals surface area contributed by atoms with Crippen molar-refractivity contribution in [3.05, 3.63) is 199 Å². The molecule has 0 spiro atoms. The van der Waals surface area contributed by atoms with Gasteiger partial charge in [-0.1, -0.05) is 59.9 Å². The Morgan fingerprint density at radius 3 is 0.985 bits per heavy atom. The molecule has 0 fully saturated rings. The van der Waals surface area contributed by atoms with Crippen LogP contribution in [0.4, 0.5) is 87.8 Å². The van der Waals surface area contributed by atoms with Crippen molar-refractivity contribution in [2.24, 2.45) is 0 Å². The first-order valence-corrected chi connectivity index (χ1v) is 18.4. The van der Waals surface area contributed by atoms with Gasteiger partial charge in [0.1, 0.15) is 58.4 Å². The number of aromatic nitrogens is 1. The van der Waals surface area contributed by atoms with Gasteiger partial charge < -0.3 is 4.74 Å². The molecule has 1 aromatic heterocycles. The first kappa shape index (κ1) is 48.5. The Morgan fingerprint density at radius 2 is 0.682 bits per heavy atom. The van der Waals surface area contributed by atoms with E-state index < -0.39 is 144 Å². The third-order valence-electron chi connectivity index (χ3n) is 9.71. The Bertz CT molecular complexity index is 2680. The highest BCUT2D eigenvalue weighted by Gasteiger charge is 2.52. The topological polar surface area (TPSA) is 30.2 Å². The van der Waals surface area contributed by atoms with Gasteiger partial charge in [0.15, 0.2) is 82.5 Å². The summed E-state index contributed by atoms with van der Waals surface area (Å²) in [7, 11) is 0. The minimum absolute atomic E-state index is 0.327. The van der Waals surface area contributed by atoms with Crippen LogP contribution in [0.15, 0.2) is 72.2 Å². The average molecular weight is 975 g/mol. The van der Waals surface area contributed by atoms with Gasteiger partial charge >= 0.3 is 11.0 Å². The second-order valence-corrected chi connectivity index (χ2v) is 14.2. The van der Waals surface area contributed by atoms with Crippen LogP contribution in [0, 0.1) is 116 Å². The van der Waals surface area contributed by atoms with Crippen molar-refractivity contribution in [1.29, 1.82) is 0 Å². The lowest BCUT2D eigenvalue weighted by molar-refractivity contribution is -0.685. The van der Waals surface area contributed by atoms with Gasteiger partial charge in [0.05, 0.1) is 5.38 Å². The van der Waals surface area contributed by atoms with Crippen molar-refractivity contribution in [3.63, 3.8) is 0 Å². The van der Waals surface area contributed by atoms with Gasteiger partial charge in [-0.05, 0) is 12.1 Å². The third kappa shape index (κ3) is 7.87. The molecule has 1 heterocycles.